The molecule has 0 aromatic carbocycles. The van der Waals surface area contributed by atoms with Crippen LogP contribution in [-0.4, -0.2) is 74.0 Å². The molecule has 0 saturated carbocycles. The summed E-state index contributed by atoms with van der Waals surface area (Å²) >= 11 is 0. The van der Waals surface area contributed by atoms with E-state index in [0.29, 0.717) is 12.5 Å². The number of aliphatic hydroxyl groups is 1. The average Bonchev–Trinajstić information content (AvgIpc) is 2.76. The Morgan fingerprint density at radius 2 is 1.80 bits per heavy atom. The van der Waals surface area contributed by atoms with Gasteiger partial charge in [0, 0.05) is 39.3 Å². The van der Waals surface area contributed by atoms with Gasteiger partial charge in [-0.2, -0.15) is 0 Å². The monoisotopic (exact) mass is 214 g/mol. The van der Waals surface area contributed by atoms with Crippen molar-refractivity contribution in [3.8, 4) is 0 Å². The maximum Gasteiger partial charge on any atom is 0.0594 e. The Morgan fingerprint density at radius 3 is 2.47 bits per heavy atom. The van der Waals surface area contributed by atoms with Crippen molar-refractivity contribution in [2.75, 3.05) is 59.1 Å². The molecule has 1 atom stereocenters. The summed E-state index contributed by atoms with van der Waals surface area (Å²) in [7, 11) is 0. The number of ether oxygens (including phenoxy) is 1. The second-order valence-electron chi connectivity index (χ2n) is 4.59. The Kier molecular flexibility index (Phi) is 4.38. The third kappa shape index (κ3) is 3.41. The zero-order valence-electron chi connectivity index (χ0n) is 9.40. The molecule has 4 heteroatoms. The number of hydrogen-bond donors (Lipinski definition) is 1. The highest BCUT2D eigenvalue weighted by Crippen LogP contribution is 2.14. The summed E-state index contributed by atoms with van der Waals surface area (Å²) in [5, 5.41) is 9.05. The summed E-state index contributed by atoms with van der Waals surface area (Å²) in [6.07, 6.45) is 1.17. The van der Waals surface area contributed by atoms with Gasteiger partial charge in [0.2, 0.25) is 0 Å². The fourth-order valence-corrected chi connectivity index (χ4v) is 2.37. The maximum absolute atomic E-state index is 9.05. The average molecular weight is 214 g/mol. The van der Waals surface area contributed by atoms with Crippen molar-refractivity contribution >= 4 is 0 Å². The van der Waals surface area contributed by atoms with E-state index in [-0.39, 0.29) is 0 Å². The Morgan fingerprint density at radius 1 is 1.07 bits per heavy atom. The molecule has 88 valence electrons. The second kappa shape index (κ2) is 5.80. The lowest BCUT2D eigenvalue weighted by Crippen LogP contribution is -2.41. The summed E-state index contributed by atoms with van der Waals surface area (Å²) in [4.78, 5) is 4.94. The number of aliphatic hydroxyl groups excluding tert-OH is 1. The van der Waals surface area contributed by atoms with Crippen LogP contribution in [0, 0.1) is 5.92 Å². The highest BCUT2D eigenvalue weighted by Gasteiger charge is 2.22. The van der Waals surface area contributed by atoms with Gasteiger partial charge in [0.15, 0.2) is 0 Å². The van der Waals surface area contributed by atoms with E-state index in [9.17, 15) is 0 Å². The highest BCUT2D eigenvalue weighted by atomic mass is 16.5. The van der Waals surface area contributed by atoms with Gasteiger partial charge in [-0.1, -0.05) is 0 Å². The zero-order valence-corrected chi connectivity index (χ0v) is 9.40. The lowest BCUT2D eigenvalue weighted by Gasteiger charge is -2.28. The van der Waals surface area contributed by atoms with Gasteiger partial charge in [0.1, 0.15) is 0 Å². The van der Waals surface area contributed by atoms with Crippen molar-refractivity contribution < 1.29 is 9.84 Å². The van der Waals surface area contributed by atoms with Gasteiger partial charge < -0.3 is 14.7 Å². The van der Waals surface area contributed by atoms with E-state index in [1.807, 2.05) is 0 Å². The number of morpholine rings is 1. The summed E-state index contributed by atoms with van der Waals surface area (Å²) in [5.41, 5.74) is 0. The summed E-state index contributed by atoms with van der Waals surface area (Å²) in [5.74, 6) is 0.523. The second-order valence-corrected chi connectivity index (χ2v) is 4.59. The first-order valence-corrected chi connectivity index (χ1v) is 6.02. The fraction of sp³-hybridized carbons (Fsp3) is 1.00. The van der Waals surface area contributed by atoms with Crippen LogP contribution >= 0.6 is 0 Å². The smallest absolute Gasteiger partial charge is 0.0594 e. The molecule has 0 radical (unpaired) electrons. The van der Waals surface area contributed by atoms with Gasteiger partial charge in [0.05, 0.1) is 13.2 Å². The van der Waals surface area contributed by atoms with Crippen LogP contribution < -0.4 is 0 Å². The lowest BCUT2D eigenvalue weighted by atomic mass is 10.1. The minimum absolute atomic E-state index is 0.355. The Balaban J connectivity index is 1.61. The van der Waals surface area contributed by atoms with Gasteiger partial charge in [0.25, 0.3) is 0 Å². The van der Waals surface area contributed by atoms with Crippen LogP contribution in [-0.2, 0) is 4.74 Å². The molecule has 2 aliphatic heterocycles. The molecule has 2 fully saturated rings. The molecule has 0 amide bonds. The fourth-order valence-electron chi connectivity index (χ4n) is 2.37. The molecule has 2 aliphatic rings. The highest BCUT2D eigenvalue weighted by molar-refractivity contribution is 4.76. The Labute approximate surface area is 91.8 Å². The minimum atomic E-state index is 0.355. The molecule has 1 unspecified atom stereocenters. The van der Waals surface area contributed by atoms with Crippen molar-refractivity contribution in [1.29, 1.82) is 0 Å². The molecule has 4 nitrogen and oxygen atoms in total. The molecule has 0 aliphatic carbocycles. The van der Waals surface area contributed by atoms with Crippen molar-refractivity contribution in [3.63, 3.8) is 0 Å². The van der Waals surface area contributed by atoms with Gasteiger partial charge in [-0.3, -0.25) is 4.90 Å². The molecule has 0 aromatic heterocycles. The number of likely N-dealkylation sites (tertiary alicyclic amines) is 1. The number of nitrogens with zero attached hydrogens (tertiary/aromatic N) is 2. The molecular weight excluding hydrogens is 192 g/mol. The quantitative estimate of drug-likeness (QED) is 0.693. The first-order chi connectivity index (χ1) is 7.38. The molecule has 0 bridgehead atoms. The van der Waals surface area contributed by atoms with Crippen LogP contribution in [0.2, 0.25) is 0 Å². The van der Waals surface area contributed by atoms with Crippen molar-refractivity contribution in [2.45, 2.75) is 6.42 Å². The van der Waals surface area contributed by atoms with Crippen molar-refractivity contribution in [2.24, 2.45) is 5.92 Å². The van der Waals surface area contributed by atoms with Crippen LogP contribution in [0.4, 0.5) is 0 Å². The standard InChI is InChI=1S/C11H22N2O2/c14-10-11-1-2-13(9-11)4-3-12-5-7-15-8-6-12/h11,14H,1-10H2. The zero-order chi connectivity index (χ0) is 10.5. The third-order valence-electron chi connectivity index (χ3n) is 3.46. The molecule has 1 N–H and O–H groups in total. The van der Waals surface area contributed by atoms with E-state index in [1.165, 1.54) is 6.42 Å². The molecule has 15 heavy (non-hydrogen) atoms. The Hall–Kier alpha value is -0.160. The largest absolute Gasteiger partial charge is 0.396 e. The van der Waals surface area contributed by atoms with Crippen LogP contribution in [0.3, 0.4) is 0 Å². The van der Waals surface area contributed by atoms with Gasteiger partial charge in [-0.15, -0.1) is 0 Å². The predicted octanol–water partition coefficient (Wildman–Crippen LogP) is -0.367. The van der Waals surface area contributed by atoms with Gasteiger partial charge in [-0.05, 0) is 18.9 Å². The summed E-state index contributed by atoms with van der Waals surface area (Å²) < 4.78 is 5.32. The number of hydrogen-bond acceptors (Lipinski definition) is 4. The lowest BCUT2D eigenvalue weighted by molar-refractivity contribution is 0.0341. The SMILES string of the molecule is OCC1CCN(CCN2CCOCC2)C1. The predicted molar refractivity (Wildman–Crippen MR) is 58.9 cm³/mol. The Bertz CT molecular complexity index is 183. The topological polar surface area (TPSA) is 35.9 Å². The van der Waals surface area contributed by atoms with Crippen molar-refractivity contribution in [1.82, 2.24) is 9.80 Å². The maximum atomic E-state index is 9.05. The first-order valence-electron chi connectivity index (χ1n) is 6.02. The van der Waals surface area contributed by atoms with E-state index in [1.54, 1.807) is 0 Å². The van der Waals surface area contributed by atoms with E-state index in [4.69, 9.17) is 9.84 Å². The van der Waals surface area contributed by atoms with E-state index >= 15 is 0 Å². The van der Waals surface area contributed by atoms with E-state index in [0.717, 1.165) is 52.5 Å². The van der Waals surface area contributed by atoms with Crippen molar-refractivity contribution in [3.05, 3.63) is 0 Å². The molecule has 0 aromatic rings. The molecule has 0 spiro atoms. The molecule has 2 rings (SSSR count). The van der Waals surface area contributed by atoms with Crippen LogP contribution in [0.5, 0.6) is 0 Å². The third-order valence-corrected chi connectivity index (χ3v) is 3.46. The van der Waals surface area contributed by atoms with Gasteiger partial charge >= 0.3 is 0 Å². The number of rotatable bonds is 4. The van der Waals surface area contributed by atoms with Crippen LogP contribution in [0.15, 0.2) is 0 Å². The summed E-state index contributed by atoms with van der Waals surface area (Å²) in [6.45, 7) is 8.84. The van der Waals surface area contributed by atoms with Crippen LogP contribution in [0.25, 0.3) is 0 Å². The normalized spacial score (nSPS) is 29.8. The van der Waals surface area contributed by atoms with Gasteiger partial charge in [-0.25, -0.2) is 0 Å². The van der Waals surface area contributed by atoms with E-state index < -0.39 is 0 Å². The molecule has 2 heterocycles. The summed E-state index contributed by atoms with van der Waals surface area (Å²) in [6, 6.07) is 0. The van der Waals surface area contributed by atoms with Crippen LogP contribution in [0.1, 0.15) is 6.42 Å². The minimum Gasteiger partial charge on any atom is -0.396 e. The molecular formula is C11H22N2O2. The molecule has 2 saturated heterocycles. The first kappa shape index (κ1) is 11.3. The van der Waals surface area contributed by atoms with E-state index in [2.05, 4.69) is 9.80 Å².